The predicted octanol–water partition coefficient (Wildman–Crippen LogP) is 4.86. The molecule has 0 radical (unpaired) electrons. The summed E-state index contributed by atoms with van der Waals surface area (Å²) in [5.41, 5.74) is 0.935. The van der Waals surface area contributed by atoms with Crippen LogP contribution in [0.1, 0.15) is 74.2 Å². The van der Waals surface area contributed by atoms with Crippen LogP contribution in [0.2, 0.25) is 0 Å². The first kappa shape index (κ1) is 17.2. The van der Waals surface area contributed by atoms with Crippen LogP contribution in [0.15, 0.2) is 24.3 Å². The molecule has 0 bridgehead atoms. The van der Waals surface area contributed by atoms with Crippen molar-refractivity contribution < 1.29 is 9.53 Å². The Morgan fingerprint density at radius 3 is 2.43 bits per heavy atom. The van der Waals surface area contributed by atoms with Gasteiger partial charge in [0.2, 0.25) is 0 Å². The molecule has 0 aliphatic carbocycles. The number of hydrogen-bond acceptors (Lipinski definition) is 3. The molecule has 0 unspecified atom stereocenters. The zero-order valence-electron chi connectivity index (χ0n) is 12.9. The van der Waals surface area contributed by atoms with E-state index in [1.165, 1.54) is 38.5 Å². The summed E-state index contributed by atoms with van der Waals surface area (Å²) in [6, 6.07) is 8.64. The van der Waals surface area contributed by atoms with E-state index >= 15 is 0 Å². The molecule has 1 aromatic rings. The molecule has 114 valence electrons. The number of carbonyl (C=O) groups is 1. The van der Waals surface area contributed by atoms with Crippen LogP contribution in [0.4, 0.5) is 0 Å². The molecule has 0 atom stereocenters. The van der Waals surface area contributed by atoms with Gasteiger partial charge in [-0.2, -0.15) is 5.26 Å². The van der Waals surface area contributed by atoms with Gasteiger partial charge in [0, 0.05) is 0 Å². The zero-order valence-corrected chi connectivity index (χ0v) is 12.9. The van der Waals surface area contributed by atoms with Crippen LogP contribution in [0, 0.1) is 11.3 Å². The second kappa shape index (κ2) is 10.9. The Kier molecular flexibility index (Phi) is 8.95. The SMILES string of the molecule is CCCCCCCCCCOC(=O)c1cccc(C#N)c1. The zero-order chi connectivity index (χ0) is 15.3. The molecule has 0 saturated carbocycles. The van der Waals surface area contributed by atoms with Crippen molar-refractivity contribution in [2.45, 2.75) is 58.3 Å². The Bertz CT molecular complexity index is 463. The maximum absolute atomic E-state index is 11.8. The maximum Gasteiger partial charge on any atom is 0.338 e. The number of carbonyl (C=O) groups excluding carboxylic acids is 1. The number of nitrogens with zero attached hydrogens (tertiary/aromatic N) is 1. The lowest BCUT2D eigenvalue weighted by Gasteiger charge is -2.05. The highest BCUT2D eigenvalue weighted by atomic mass is 16.5. The van der Waals surface area contributed by atoms with Crippen molar-refractivity contribution in [3.63, 3.8) is 0 Å². The highest BCUT2D eigenvalue weighted by Gasteiger charge is 2.07. The summed E-state index contributed by atoms with van der Waals surface area (Å²) in [7, 11) is 0. The third-order valence-corrected chi connectivity index (χ3v) is 3.46. The minimum atomic E-state index is -0.338. The lowest BCUT2D eigenvalue weighted by Crippen LogP contribution is -2.06. The van der Waals surface area contributed by atoms with Gasteiger partial charge >= 0.3 is 5.97 Å². The first-order valence-electron chi connectivity index (χ1n) is 7.95. The Balaban J connectivity index is 2.10. The van der Waals surface area contributed by atoms with Gasteiger partial charge in [0.1, 0.15) is 0 Å². The molecule has 0 aromatic heterocycles. The van der Waals surface area contributed by atoms with Crippen LogP contribution in [-0.4, -0.2) is 12.6 Å². The quantitative estimate of drug-likeness (QED) is 0.456. The van der Waals surface area contributed by atoms with Crippen molar-refractivity contribution in [1.29, 1.82) is 5.26 Å². The average molecular weight is 287 g/mol. The standard InChI is InChI=1S/C18H25NO2/c1-2-3-4-5-6-7-8-9-13-21-18(20)17-12-10-11-16(14-17)15-19/h10-12,14H,2-9,13H2,1H3. The molecular formula is C18H25NO2. The topological polar surface area (TPSA) is 50.1 Å². The van der Waals surface area contributed by atoms with Crippen molar-refractivity contribution in [2.24, 2.45) is 0 Å². The molecule has 0 heterocycles. The van der Waals surface area contributed by atoms with Gasteiger partial charge in [-0.25, -0.2) is 4.79 Å². The van der Waals surface area contributed by atoms with Crippen molar-refractivity contribution in [3.8, 4) is 6.07 Å². The molecule has 3 heteroatoms. The van der Waals surface area contributed by atoms with Crippen LogP contribution in [0.25, 0.3) is 0 Å². The van der Waals surface area contributed by atoms with Gasteiger partial charge in [-0.1, -0.05) is 57.9 Å². The van der Waals surface area contributed by atoms with E-state index in [4.69, 9.17) is 10.00 Å². The summed E-state index contributed by atoms with van der Waals surface area (Å²) in [5.74, 6) is -0.338. The van der Waals surface area contributed by atoms with Gasteiger partial charge in [-0.05, 0) is 24.6 Å². The molecule has 1 rings (SSSR count). The molecule has 1 aromatic carbocycles. The van der Waals surface area contributed by atoms with Gasteiger partial charge < -0.3 is 4.74 Å². The van der Waals surface area contributed by atoms with Crippen molar-refractivity contribution >= 4 is 5.97 Å². The van der Waals surface area contributed by atoms with Crippen LogP contribution < -0.4 is 0 Å². The summed E-state index contributed by atoms with van der Waals surface area (Å²) >= 11 is 0. The van der Waals surface area contributed by atoms with Crippen molar-refractivity contribution in [1.82, 2.24) is 0 Å². The van der Waals surface area contributed by atoms with Gasteiger partial charge in [-0.3, -0.25) is 0 Å². The maximum atomic E-state index is 11.8. The van der Waals surface area contributed by atoms with Crippen LogP contribution in [0.5, 0.6) is 0 Å². The number of nitriles is 1. The average Bonchev–Trinajstić information content (AvgIpc) is 2.53. The van der Waals surface area contributed by atoms with E-state index < -0.39 is 0 Å². The first-order chi connectivity index (χ1) is 10.3. The number of rotatable bonds is 10. The monoisotopic (exact) mass is 287 g/mol. The van der Waals surface area contributed by atoms with Crippen molar-refractivity contribution in [2.75, 3.05) is 6.61 Å². The van der Waals surface area contributed by atoms with Gasteiger partial charge in [0.25, 0.3) is 0 Å². The first-order valence-corrected chi connectivity index (χ1v) is 7.95. The fraction of sp³-hybridized carbons (Fsp3) is 0.556. The van der Waals surface area contributed by atoms with Gasteiger partial charge in [0.05, 0.1) is 23.8 Å². The number of benzene rings is 1. The molecule has 0 aliphatic heterocycles. The van der Waals surface area contributed by atoms with E-state index in [1.54, 1.807) is 24.3 Å². The summed E-state index contributed by atoms with van der Waals surface area (Å²) < 4.78 is 5.22. The molecule has 0 fully saturated rings. The van der Waals surface area contributed by atoms with Gasteiger partial charge in [-0.15, -0.1) is 0 Å². The summed E-state index contributed by atoms with van der Waals surface area (Å²) in [5, 5.41) is 8.79. The molecule has 0 aliphatic rings. The molecule has 3 nitrogen and oxygen atoms in total. The number of unbranched alkanes of at least 4 members (excludes halogenated alkanes) is 7. The lowest BCUT2D eigenvalue weighted by atomic mass is 10.1. The highest BCUT2D eigenvalue weighted by Crippen LogP contribution is 2.09. The lowest BCUT2D eigenvalue weighted by molar-refractivity contribution is 0.0497. The number of ether oxygens (including phenoxy) is 1. The van der Waals surface area contributed by atoms with E-state index in [1.807, 2.05) is 6.07 Å². The van der Waals surface area contributed by atoms with Gasteiger partial charge in [0.15, 0.2) is 0 Å². The molecule has 0 spiro atoms. The minimum Gasteiger partial charge on any atom is -0.462 e. The van der Waals surface area contributed by atoms with E-state index in [0.29, 0.717) is 17.7 Å². The minimum absolute atomic E-state index is 0.338. The third kappa shape index (κ3) is 7.51. The van der Waals surface area contributed by atoms with Crippen LogP contribution in [-0.2, 0) is 4.74 Å². The fourth-order valence-electron chi connectivity index (χ4n) is 2.20. The summed E-state index contributed by atoms with van der Waals surface area (Å²) in [6.45, 7) is 2.69. The Labute approximate surface area is 127 Å². The second-order valence-corrected chi connectivity index (χ2v) is 5.30. The Morgan fingerprint density at radius 2 is 1.76 bits per heavy atom. The van der Waals surface area contributed by atoms with E-state index in [9.17, 15) is 4.79 Å². The largest absolute Gasteiger partial charge is 0.462 e. The van der Waals surface area contributed by atoms with E-state index in [0.717, 1.165) is 12.8 Å². The van der Waals surface area contributed by atoms with Crippen molar-refractivity contribution in [3.05, 3.63) is 35.4 Å². The fourth-order valence-corrected chi connectivity index (χ4v) is 2.20. The molecule has 0 amide bonds. The van der Waals surface area contributed by atoms with Crippen LogP contribution >= 0.6 is 0 Å². The normalized spacial score (nSPS) is 10.1. The van der Waals surface area contributed by atoms with Crippen LogP contribution in [0.3, 0.4) is 0 Å². The summed E-state index contributed by atoms with van der Waals surface area (Å²) in [4.78, 5) is 11.8. The second-order valence-electron chi connectivity index (χ2n) is 5.30. The number of hydrogen-bond donors (Lipinski definition) is 0. The Morgan fingerprint density at radius 1 is 1.10 bits per heavy atom. The third-order valence-electron chi connectivity index (χ3n) is 3.46. The molecule has 0 saturated heterocycles. The Hall–Kier alpha value is -1.82. The molecule has 21 heavy (non-hydrogen) atoms. The van der Waals surface area contributed by atoms with E-state index in [-0.39, 0.29) is 5.97 Å². The predicted molar refractivity (Wildman–Crippen MR) is 84.0 cm³/mol. The number of esters is 1. The molecular weight excluding hydrogens is 262 g/mol. The molecule has 0 N–H and O–H groups in total. The smallest absolute Gasteiger partial charge is 0.338 e. The van der Waals surface area contributed by atoms with E-state index in [2.05, 4.69) is 6.92 Å². The summed E-state index contributed by atoms with van der Waals surface area (Å²) in [6.07, 6.45) is 9.77. The highest BCUT2D eigenvalue weighted by molar-refractivity contribution is 5.89.